The van der Waals surface area contributed by atoms with E-state index in [1.54, 1.807) is 12.1 Å². The van der Waals surface area contributed by atoms with Crippen molar-refractivity contribution in [1.82, 2.24) is 10.1 Å². The second-order valence-electron chi connectivity index (χ2n) is 4.04. The molecule has 5 nitrogen and oxygen atoms in total. The number of carboxylic acid groups (broad SMARTS) is 1. The van der Waals surface area contributed by atoms with Gasteiger partial charge in [0.05, 0.1) is 14.2 Å². The molecule has 0 spiro atoms. The van der Waals surface area contributed by atoms with E-state index in [9.17, 15) is 4.79 Å². The average Bonchev–Trinajstić information content (AvgIpc) is 3.07. The van der Waals surface area contributed by atoms with E-state index in [-0.39, 0.29) is 5.56 Å². The summed E-state index contributed by atoms with van der Waals surface area (Å²) in [7, 11) is 0. The molecular weight excluding hydrogens is 424 g/mol. The zero-order valence-corrected chi connectivity index (χ0v) is 14.2. The van der Waals surface area contributed by atoms with Crippen LogP contribution < -0.4 is 0 Å². The molecular formula is C13H6Br2N2O3S. The summed E-state index contributed by atoms with van der Waals surface area (Å²) in [5, 5.41) is 12.8. The summed E-state index contributed by atoms with van der Waals surface area (Å²) in [5.74, 6) is -0.130. The maximum Gasteiger partial charge on any atom is 0.335 e. The van der Waals surface area contributed by atoms with Gasteiger partial charge in [-0.2, -0.15) is 4.98 Å². The number of hydrogen-bond donors (Lipinski definition) is 1. The summed E-state index contributed by atoms with van der Waals surface area (Å²) in [6.45, 7) is 0. The highest BCUT2D eigenvalue weighted by Gasteiger charge is 2.15. The molecule has 2 aromatic heterocycles. The second kappa shape index (κ2) is 5.70. The predicted octanol–water partition coefficient (Wildman–Crippen LogP) is 4.69. The number of hydrogen-bond acceptors (Lipinski definition) is 5. The molecule has 0 radical (unpaired) electrons. The van der Waals surface area contributed by atoms with Gasteiger partial charge in [-0.25, -0.2) is 4.79 Å². The van der Waals surface area contributed by atoms with Gasteiger partial charge in [0.15, 0.2) is 0 Å². The molecule has 1 aromatic carbocycles. The lowest BCUT2D eigenvalue weighted by Crippen LogP contribution is -1.95. The van der Waals surface area contributed by atoms with Crippen LogP contribution in [-0.2, 0) is 0 Å². The molecule has 0 aliphatic heterocycles. The summed E-state index contributed by atoms with van der Waals surface area (Å²) in [6, 6.07) is 8.20. The first-order valence-corrected chi connectivity index (χ1v) is 8.07. The molecule has 0 atom stereocenters. The van der Waals surface area contributed by atoms with Crippen LogP contribution in [0.5, 0.6) is 0 Å². The van der Waals surface area contributed by atoms with E-state index >= 15 is 0 Å². The molecule has 0 aliphatic carbocycles. The Morgan fingerprint density at radius 2 is 1.95 bits per heavy atom. The van der Waals surface area contributed by atoms with Crippen molar-refractivity contribution in [2.75, 3.05) is 0 Å². The van der Waals surface area contributed by atoms with E-state index in [0.717, 1.165) is 13.1 Å². The maximum atomic E-state index is 10.8. The van der Waals surface area contributed by atoms with Crippen LogP contribution in [0.2, 0.25) is 0 Å². The molecule has 2 heterocycles. The number of rotatable bonds is 3. The highest BCUT2D eigenvalue weighted by molar-refractivity contribution is 9.13. The number of halogens is 2. The monoisotopic (exact) mass is 428 g/mol. The van der Waals surface area contributed by atoms with Gasteiger partial charge in [0.25, 0.3) is 5.89 Å². The minimum atomic E-state index is -0.969. The third-order valence-electron chi connectivity index (χ3n) is 2.67. The van der Waals surface area contributed by atoms with Crippen molar-refractivity contribution in [2.45, 2.75) is 0 Å². The number of aromatic nitrogens is 2. The van der Waals surface area contributed by atoms with Crippen LogP contribution in [0.1, 0.15) is 10.4 Å². The fourth-order valence-corrected chi connectivity index (χ4v) is 3.61. The van der Waals surface area contributed by atoms with Gasteiger partial charge in [-0.1, -0.05) is 17.3 Å². The Morgan fingerprint density at radius 1 is 1.24 bits per heavy atom. The first kappa shape index (κ1) is 14.4. The minimum absolute atomic E-state index is 0.216. The number of aromatic carboxylic acids is 1. The third-order valence-corrected chi connectivity index (χ3v) is 5.92. The quantitative estimate of drug-likeness (QED) is 0.653. The van der Waals surface area contributed by atoms with Crippen LogP contribution in [0.15, 0.2) is 43.1 Å². The first-order valence-electron chi connectivity index (χ1n) is 5.67. The van der Waals surface area contributed by atoms with Gasteiger partial charge in [0.1, 0.15) is 0 Å². The highest BCUT2D eigenvalue weighted by Crippen LogP contribution is 2.37. The number of carbonyl (C=O) groups is 1. The Balaban J connectivity index is 1.92. The van der Waals surface area contributed by atoms with Gasteiger partial charge in [-0.05, 0) is 50.1 Å². The molecule has 0 bridgehead atoms. The lowest BCUT2D eigenvalue weighted by Gasteiger charge is -1.95. The number of benzene rings is 1. The van der Waals surface area contributed by atoms with Crippen molar-refractivity contribution < 1.29 is 14.4 Å². The first-order chi connectivity index (χ1) is 10.0. The fraction of sp³-hybridized carbons (Fsp3) is 0. The van der Waals surface area contributed by atoms with Crippen LogP contribution in [0.4, 0.5) is 0 Å². The van der Waals surface area contributed by atoms with Crippen LogP contribution in [0, 0.1) is 0 Å². The molecule has 0 unspecified atom stereocenters. The SMILES string of the molecule is O=C(O)c1ccc(-c2noc(-c3cc(Br)c(Br)s3)n2)cc1. The molecule has 3 aromatic rings. The molecule has 21 heavy (non-hydrogen) atoms. The van der Waals surface area contributed by atoms with Gasteiger partial charge >= 0.3 is 5.97 Å². The smallest absolute Gasteiger partial charge is 0.335 e. The third kappa shape index (κ3) is 2.92. The van der Waals surface area contributed by atoms with E-state index in [1.807, 2.05) is 6.07 Å². The molecule has 106 valence electrons. The van der Waals surface area contributed by atoms with Gasteiger partial charge in [0, 0.05) is 10.0 Å². The summed E-state index contributed by atoms with van der Waals surface area (Å²) in [5.41, 5.74) is 0.915. The molecule has 3 rings (SSSR count). The molecule has 0 aliphatic rings. The topological polar surface area (TPSA) is 76.2 Å². The Labute approximate surface area is 139 Å². The van der Waals surface area contributed by atoms with E-state index in [0.29, 0.717) is 17.3 Å². The van der Waals surface area contributed by atoms with Crippen LogP contribution in [0.25, 0.3) is 22.2 Å². The average molecular weight is 430 g/mol. The van der Waals surface area contributed by atoms with E-state index in [4.69, 9.17) is 9.63 Å². The molecule has 0 saturated heterocycles. The maximum absolute atomic E-state index is 10.8. The minimum Gasteiger partial charge on any atom is -0.478 e. The van der Waals surface area contributed by atoms with E-state index < -0.39 is 5.97 Å². The van der Waals surface area contributed by atoms with Crippen molar-refractivity contribution >= 4 is 49.2 Å². The zero-order chi connectivity index (χ0) is 15.0. The molecule has 0 amide bonds. The number of carboxylic acids is 1. The Hall–Kier alpha value is -1.51. The normalized spacial score (nSPS) is 10.8. The Bertz CT molecular complexity index is 792. The molecule has 0 saturated carbocycles. The number of thiophene rings is 1. The van der Waals surface area contributed by atoms with Crippen molar-refractivity contribution in [3.8, 4) is 22.2 Å². The highest BCUT2D eigenvalue weighted by atomic mass is 79.9. The predicted molar refractivity (Wildman–Crippen MR) is 85.4 cm³/mol. The molecule has 0 fully saturated rings. The van der Waals surface area contributed by atoms with Crippen molar-refractivity contribution in [3.63, 3.8) is 0 Å². The van der Waals surface area contributed by atoms with Gasteiger partial charge in [-0.15, -0.1) is 11.3 Å². The van der Waals surface area contributed by atoms with Gasteiger partial charge in [0.2, 0.25) is 5.82 Å². The summed E-state index contributed by atoms with van der Waals surface area (Å²) >= 11 is 8.30. The van der Waals surface area contributed by atoms with E-state index in [2.05, 4.69) is 42.0 Å². The van der Waals surface area contributed by atoms with Crippen molar-refractivity contribution in [1.29, 1.82) is 0 Å². The van der Waals surface area contributed by atoms with E-state index in [1.165, 1.54) is 23.5 Å². The van der Waals surface area contributed by atoms with Gasteiger partial charge in [-0.3, -0.25) is 0 Å². The van der Waals surface area contributed by atoms with Crippen LogP contribution in [0.3, 0.4) is 0 Å². The summed E-state index contributed by atoms with van der Waals surface area (Å²) in [4.78, 5) is 16.0. The van der Waals surface area contributed by atoms with Crippen LogP contribution in [-0.4, -0.2) is 21.2 Å². The lowest BCUT2D eigenvalue weighted by atomic mass is 10.1. The Morgan fingerprint density at radius 3 is 2.52 bits per heavy atom. The summed E-state index contributed by atoms with van der Waals surface area (Å²) in [6.07, 6.45) is 0. The van der Waals surface area contributed by atoms with Crippen molar-refractivity contribution in [3.05, 3.63) is 44.2 Å². The standard InChI is InChI=1S/C13H6Br2N2O3S/c14-8-5-9(21-10(8)15)12-16-11(17-20-12)6-1-3-7(4-2-6)13(18)19/h1-5H,(H,18,19). The lowest BCUT2D eigenvalue weighted by molar-refractivity contribution is 0.0697. The zero-order valence-electron chi connectivity index (χ0n) is 10.2. The second-order valence-corrected chi connectivity index (χ2v) is 7.26. The fourth-order valence-electron chi connectivity index (χ4n) is 1.65. The Kier molecular flexibility index (Phi) is 3.92. The summed E-state index contributed by atoms with van der Waals surface area (Å²) < 4.78 is 7.11. The van der Waals surface area contributed by atoms with Crippen LogP contribution >= 0.6 is 43.2 Å². The molecule has 8 heteroatoms. The van der Waals surface area contributed by atoms with Crippen molar-refractivity contribution in [2.24, 2.45) is 0 Å². The number of nitrogens with zero attached hydrogens (tertiary/aromatic N) is 2. The largest absolute Gasteiger partial charge is 0.478 e. The molecule has 1 N–H and O–H groups in total. The van der Waals surface area contributed by atoms with Gasteiger partial charge < -0.3 is 9.63 Å².